The third-order valence-electron chi connectivity index (χ3n) is 4.76. The molecular formula is C18H20N2O. The summed E-state index contributed by atoms with van der Waals surface area (Å²) in [6.45, 7) is 3.99. The van der Waals surface area contributed by atoms with Gasteiger partial charge in [-0.3, -0.25) is 0 Å². The molecular weight excluding hydrogens is 260 g/mol. The Bertz CT molecular complexity index is 771. The number of benzene rings is 1. The van der Waals surface area contributed by atoms with Gasteiger partial charge in [0.2, 0.25) is 0 Å². The molecule has 1 aliphatic rings. The Kier molecular flexibility index (Phi) is 2.88. The summed E-state index contributed by atoms with van der Waals surface area (Å²) in [6.07, 6.45) is 7.57. The van der Waals surface area contributed by atoms with Gasteiger partial charge in [0.25, 0.3) is 0 Å². The van der Waals surface area contributed by atoms with Crippen LogP contribution in [0.5, 0.6) is 0 Å². The zero-order valence-electron chi connectivity index (χ0n) is 12.6. The molecule has 3 nitrogen and oxygen atoms in total. The lowest BCUT2D eigenvalue weighted by molar-refractivity contribution is 0.393. The van der Waals surface area contributed by atoms with E-state index in [1.165, 1.54) is 42.1 Å². The molecule has 1 aromatic carbocycles. The number of rotatable bonds is 2. The lowest BCUT2D eigenvalue weighted by Gasteiger charge is -2.14. The van der Waals surface area contributed by atoms with Gasteiger partial charge in [0.15, 0.2) is 0 Å². The topological polar surface area (TPSA) is 31.0 Å². The molecule has 1 aliphatic carbocycles. The fourth-order valence-electron chi connectivity index (χ4n) is 3.70. The summed E-state index contributed by atoms with van der Waals surface area (Å²) in [5.41, 5.74) is 4.64. The van der Waals surface area contributed by atoms with Crippen LogP contribution < -0.4 is 0 Å². The fourth-order valence-corrected chi connectivity index (χ4v) is 3.70. The van der Waals surface area contributed by atoms with Crippen molar-refractivity contribution in [3.63, 3.8) is 0 Å². The summed E-state index contributed by atoms with van der Waals surface area (Å²) >= 11 is 0. The largest absolute Gasteiger partial charge is 0.361 e. The maximum atomic E-state index is 5.32. The minimum absolute atomic E-state index is 0.669. The number of hydrogen-bond acceptors (Lipinski definition) is 2. The summed E-state index contributed by atoms with van der Waals surface area (Å²) in [4.78, 5) is 0. The van der Waals surface area contributed by atoms with Crippen molar-refractivity contribution < 1.29 is 4.52 Å². The Morgan fingerprint density at radius 2 is 1.95 bits per heavy atom. The van der Waals surface area contributed by atoms with Gasteiger partial charge >= 0.3 is 0 Å². The average molecular weight is 280 g/mol. The minimum Gasteiger partial charge on any atom is -0.361 e. The fraction of sp³-hybridized carbons (Fsp3) is 0.389. The minimum atomic E-state index is 0.669. The Labute approximate surface area is 124 Å². The normalized spacial score (nSPS) is 16.1. The molecule has 4 rings (SSSR count). The second-order valence-electron chi connectivity index (χ2n) is 6.13. The zero-order valence-corrected chi connectivity index (χ0v) is 12.6. The molecule has 0 bridgehead atoms. The van der Waals surface area contributed by atoms with Crippen LogP contribution in [-0.2, 0) is 0 Å². The molecule has 0 unspecified atom stereocenters. The van der Waals surface area contributed by atoms with Crippen molar-refractivity contribution in [2.75, 3.05) is 0 Å². The molecule has 1 fully saturated rings. The molecule has 0 atom stereocenters. The van der Waals surface area contributed by atoms with Gasteiger partial charge in [0, 0.05) is 23.3 Å². The first-order chi connectivity index (χ1) is 10.2. The molecule has 0 amide bonds. The van der Waals surface area contributed by atoms with Gasteiger partial charge in [-0.15, -0.1) is 0 Å². The third-order valence-corrected chi connectivity index (χ3v) is 4.76. The highest BCUT2D eigenvalue weighted by Crippen LogP contribution is 2.35. The quantitative estimate of drug-likeness (QED) is 0.659. The van der Waals surface area contributed by atoms with E-state index >= 15 is 0 Å². The molecule has 0 saturated heterocycles. The van der Waals surface area contributed by atoms with Crippen LogP contribution >= 0.6 is 0 Å². The monoisotopic (exact) mass is 280 g/mol. The van der Waals surface area contributed by atoms with E-state index in [-0.39, 0.29) is 0 Å². The molecule has 0 N–H and O–H groups in total. The lowest BCUT2D eigenvalue weighted by atomic mass is 10.0. The van der Waals surface area contributed by atoms with E-state index < -0.39 is 0 Å². The van der Waals surface area contributed by atoms with Gasteiger partial charge < -0.3 is 9.09 Å². The second-order valence-corrected chi connectivity index (χ2v) is 6.13. The summed E-state index contributed by atoms with van der Waals surface area (Å²) in [5.74, 6) is 0.894. The summed E-state index contributed by atoms with van der Waals surface area (Å²) in [6, 6.07) is 9.57. The van der Waals surface area contributed by atoms with Gasteiger partial charge in [-0.1, -0.05) is 30.1 Å². The predicted molar refractivity (Wildman–Crippen MR) is 84.4 cm³/mol. The standard InChI is InChI=1S/C18H20N2O/c1-12-18(13(2)21-19-12)15-8-7-14-9-10-20(17(14)11-15)16-5-3-4-6-16/h7-11,16H,3-6H2,1-2H3. The molecule has 108 valence electrons. The van der Waals surface area contributed by atoms with Crippen LogP contribution in [0.15, 0.2) is 35.0 Å². The number of aryl methyl sites for hydroxylation is 2. The molecule has 0 radical (unpaired) electrons. The molecule has 1 saturated carbocycles. The van der Waals surface area contributed by atoms with E-state index in [2.05, 4.69) is 40.2 Å². The molecule has 2 heterocycles. The van der Waals surface area contributed by atoms with E-state index in [1.54, 1.807) is 0 Å². The molecule has 0 aliphatic heterocycles. The maximum absolute atomic E-state index is 5.32. The van der Waals surface area contributed by atoms with Crippen molar-refractivity contribution in [2.24, 2.45) is 0 Å². The number of hydrogen-bond donors (Lipinski definition) is 0. The first-order valence-corrected chi connectivity index (χ1v) is 7.78. The summed E-state index contributed by atoms with van der Waals surface area (Å²) in [5, 5.41) is 5.40. The average Bonchev–Trinajstić information content (AvgIpc) is 3.18. The highest BCUT2D eigenvalue weighted by molar-refractivity contribution is 5.86. The van der Waals surface area contributed by atoms with Crippen molar-refractivity contribution >= 4 is 10.9 Å². The van der Waals surface area contributed by atoms with Crippen LogP contribution in [-0.4, -0.2) is 9.72 Å². The van der Waals surface area contributed by atoms with Gasteiger partial charge in [-0.2, -0.15) is 0 Å². The summed E-state index contributed by atoms with van der Waals surface area (Å²) in [7, 11) is 0. The van der Waals surface area contributed by atoms with Crippen molar-refractivity contribution in [3.05, 3.63) is 41.9 Å². The van der Waals surface area contributed by atoms with E-state index in [1.807, 2.05) is 13.8 Å². The Balaban J connectivity index is 1.87. The van der Waals surface area contributed by atoms with Crippen LogP contribution in [0.25, 0.3) is 22.0 Å². The summed E-state index contributed by atoms with van der Waals surface area (Å²) < 4.78 is 7.78. The molecule has 3 aromatic rings. The van der Waals surface area contributed by atoms with E-state index in [9.17, 15) is 0 Å². The SMILES string of the molecule is Cc1noc(C)c1-c1ccc2ccn(C3CCCC3)c2c1. The van der Waals surface area contributed by atoms with E-state index in [0.29, 0.717) is 6.04 Å². The van der Waals surface area contributed by atoms with Crippen molar-refractivity contribution in [3.8, 4) is 11.1 Å². The van der Waals surface area contributed by atoms with Crippen molar-refractivity contribution in [2.45, 2.75) is 45.6 Å². The third kappa shape index (κ3) is 1.99. The smallest absolute Gasteiger partial charge is 0.141 e. The van der Waals surface area contributed by atoms with Crippen molar-refractivity contribution in [1.29, 1.82) is 0 Å². The Morgan fingerprint density at radius 3 is 2.67 bits per heavy atom. The number of nitrogens with zero attached hydrogens (tertiary/aromatic N) is 2. The van der Waals surface area contributed by atoms with Gasteiger partial charge in [-0.25, -0.2) is 0 Å². The zero-order chi connectivity index (χ0) is 14.4. The van der Waals surface area contributed by atoms with Gasteiger partial charge in [0.1, 0.15) is 5.76 Å². The number of fused-ring (bicyclic) bond motifs is 1. The van der Waals surface area contributed by atoms with Crippen LogP contribution in [0.3, 0.4) is 0 Å². The maximum Gasteiger partial charge on any atom is 0.141 e. The van der Waals surface area contributed by atoms with Crippen molar-refractivity contribution in [1.82, 2.24) is 9.72 Å². The van der Waals surface area contributed by atoms with Gasteiger partial charge in [-0.05, 0) is 49.8 Å². The highest BCUT2D eigenvalue weighted by atomic mass is 16.5. The molecule has 21 heavy (non-hydrogen) atoms. The number of aromatic nitrogens is 2. The van der Waals surface area contributed by atoms with Crippen LogP contribution in [0.2, 0.25) is 0 Å². The molecule has 3 heteroatoms. The van der Waals surface area contributed by atoms with Crippen LogP contribution in [0, 0.1) is 13.8 Å². The van der Waals surface area contributed by atoms with Crippen LogP contribution in [0.1, 0.15) is 43.2 Å². The lowest BCUT2D eigenvalue weighted by Crippen LogP contribution is -2.02. The van der Waals surface area contributed by atoms with E-state index in [4.69, 9.17) is 4.52 Å². The Morgan fingerprint density at radius 1 is 1.14 bits per heavy atom. The van der Waals surface area contributed by atoms with E-state index in [0.717, 1.165) is 17.0 Å². The first kappa shape index (κ1) is 12.7. The molecule has 2 aromatic heterocycles. The first-order valence-electron chi connectivity index (χ1n) is 7.78. The highest BCUT2D eigenvalue weighted by Gasteiger charge is 2.19. The predicted octanol–water partition coefficient (Wildman–Crippen LogP) is 5.03. The van der Waals surface area contributed by atoms with Gasteiger partial charge in [0.05, 0.1) is 5.69 Å². The van der Waals surface area contributed by atoms with Crippen LogP contribution in [0.4, 0.5) is 0 Å². The molecule has 0 spiro atoms. The Hall–Kier alpha value is -2.03. The second kappa shape index (κ2) is 4.76.